The van der Waals surface area contributed by atoms with Crippen molar-refractivity contribution >= 4 is 17.9 Å². The third-order valence-corrected chi connectivity index (χ3v) is 9.05. The highest BCUT2D eigenvalue weighted by atomic mass is 16.4. The molecular weight excluding hydrogens is 530 g/mol. The van der Waals surface area contributed by atoms with Gasteiger partial charge >= 0.3 is 11.9 Å². The molecule has 0 radical (unpaired) electrons. The van der Waals surface area contributed by atoms with Crippen molar-refractivity contribution in [2.75, 3.05) is 6.54 Å². The summed E-state index contributed by atoms with van der Waals surface area (Å²) >= 11 is 0. The zero-order chi connectivity index (χ0) is 31.6. The second-order valence-corrected chi connectivity index (χ2v) is 12.2. The minimum Gasteiger partial charge on any atom is -0.544 e. The van der Waals surface area contributed by atoms with Crippen LogP contribution < -0.4 is 5.11 Å². The van der Waals surface area contributed by atoms with E-state index < -0.39 is 40.5 Å². The Morgan fingerprint density at radius 2 is 0.881 bits per heavy atom. The summed E-state index contributed by atoms with van der Waals surface area (Å²) in [5.74, 6) is -3.64. The smallest absolute Gasteiger partial charge is 0.362 e. The first-order valence-electron chi connectivity index (χ1n) is 17.4. The number of unbranched alkanes of at least 4 members (excludes halogenated alkanes) is 17. The number of nitrogens with zero attached hydrogens (tertiary/aromatic N) is 1. The van der Waals surface area contributed by atoms with Crippen LogP contribution in [-0.2, 0) is 14.4 Å². The number of hydrogen-bond donors (Lipinski definition) is 2. The van der Waals surface area contributed by atoms with Gasteiger partial charge in [-0.05, 0) is 38.5 Å². The van der Waals surface area contributed by atoms with E-state index in [2.05, 4.69) is 19.1 Å². The van der Waals surface area contributed by atoms with Gasteiger partial charge in [-0.2, -0.15) is 0 Å². The first kappa shape index (κ1) is 40.1. The fourth-order valence-electron chi connectivity index (χ4n) is 6.78. The Bertz CT molecular complexity index is 682. The summed E-state index contributed by atoms with van der Waals surface area (Å²) in [6.07, 6.45) is 28.1. The van der Waals surface area contributed by atoms with E-state index in [1.54, 1.807) is 20.8 Å². The van der Waals surface area contributed by atoms with E-state index >= 15 is 0 Å². The van der Waals surface area contributed by atoms with Gasteiger partial charge in [0.05, 0.1) is 12.5 Å². The van der Waals surface area contributed by atoms with Crippen LogP contribution in [0.2, 0.25) is 0 Å². The third-order valence-electron chi connectivity index (χ3n) is 9.05. The Kier molecular flexibility index (Phi) is 24.4. The van der Waals surface area contributed by atoms with E-state index in [1.165, 1.54) is 96.3 Å². The summed E-state index contributed by atoms with van der Waals surface area (Å²) in [6, 6.07) is -3.37. The minimum absolute atomic E-state index is 0.132. The van der Waals surface area contributed by atoms with Crippen LogP contribution in [0.3, 0.4) is 0 Å². The Balaban J connectivity index is 4.35. The molecule has 0 spiro atoms. The molecule has 3 unspecified atom stereocenters. The molecule has 0 saturated carbocycles. The van der Waals surface area contributed by atoms with Gasteiger partial charge in [-0.1, -0.05) is 123 Å². The van der Waals surface area contributed by atoms with Gasteiger partial charge in [-0.15, -0.1) is 0 Å². The third kappa shape index (κ3) is 15.5. The average molecular weight is 596 g/mol. The van der Waals surface area contributed by atoms with Crippen LogP contribution in [0.15, 0.2) is 12.2 Å². The molecule has 0 heterocycles. The number of carbonyl (C=O) groups excluding carboxylic acids is 1. The molecule has 2 N–H and O–H groups in total. The van der Waals surface area contributed by atoms with Gasteiger partial charge in [-0.3, -0.25) is 4.48 Å². The molecule has 0 aliphatic heterocycles. The largest absolute Gasteiger partial charge is 0.544 e. The summed E-state index contributed by atoms with van der Waals surface area (Å²) in [5, 5.41) is 32.2. The number of hydrogen-bond acceptors (Lipinski definition) is 4. The highest BCUT2D eigenvalue weighted by Crippen LogP contribution is 2.32. The molecule has 0 rings (SSSR count). The van der Waals surface area contributed by atoms with E-state index in [-0.39, 0.29) is 25.8 Å². The molecule has 7 heteroatoms. The van der Waals surface area contributed by atoms with E-state index in [0.29, 0.717) is 6.42 Å². The second-order valence-electron chi connectivity index (χ2n) is 12.2. The molecule has 3 atom stereocenters. The quantitative estimate of drug-likeness (QED) is 0.0493. The van der Waals surface area contributed by atoms with Crippen molar-refractivity contribution in [3.8, 4) is 0 Å². The van der Waals surface area contributed by atoms with Crippen molar-refractivity contribution in [3.63, 3.8) is 0 Å². The molecule has 42 heavy (non-hydrogen) atoms. The molecule has 0 aliphatic carbocycles. The summed E-state index contributed by atoms with van der Waals surface area (Å²) in [4.78, 5) is 36.7. The lowest BCUT2D eigenvalue weighted by atomic mass is 9.93. The molecule has 0 saturated heterocycles. The highest BCUT2D eigenvalue weighted by Gasteiger charge is 2.53. The van der Waals surface area contributed by atoms with E-state index in [4.69, 9.17) is 0 Å². The maximum absolute atomic E-state index is 12.3. The van der Waals surface area contributed by atoms with Crippen molar-refractivity contribution < 1.29 is 34.2 Å². The average Bonchev–Trinajstić information content (AvgIpc) is 2.94. The van der Waals surface area contributed by atoms with Gasteiger partial charge < -0.3 is 20.1 Å². The summed E-state index contributed by atoms with van der Waals surface area (Å²) in [7, 11) is 0. The van der Waals surface area contributed by atoms with Crippen LogP contribution in [0.4, 0.5) is 0 Å². The molecule has 0 aliphatic rings. The Morgan fingerprint density at radius 3 is 1.19 bits per heavy atom. The SMILES string of the molecule is CCCCC/C=C/CCCCCCCCCCCCCCCC[N+](C(CC)C(=O)[O-])(C(CC)C(=O)O)C(CC)C(=O)O. The van der Waals surface area contributed by atoms with Crippen LogP contribution in [0.25, 0.3) is 0 Å². The fourth-order valence-corrected chi connectivity index (χ4v) is 6.78. The van der Waals surface area contributed by atoms with Crippen LogP contribution >= 0.6 is 0 Å². The lowest BCUT2D eigenvalue weighted by molar-refractivity contribution is -0.974. The van der Waals surface area contributed by atoms with Crippen LogP contribution in [0.5, 0.6) is 0 Å². The van der Waals surface area contributed by atoms with Crippen molar-refractivity contribution in [2.45, 2.75) is 187 Å². The monoisotopic (exact) mass is 595 g/mol. The molecule has 0 aromatic carbocycles. The van der Waals surface area contributed by atoms with Crippen molar-refractivity contribution in [2.24, 2.45) is 0 Å². The zero-order valence-corrected chi connectivity index (χ0v) is 27.6. The Hall–Kier alpha value is -1.89. The lowest BCUT2D eigenvalue weighted by Gasteiger charge is -2.51. The van der Waals surface area contributed by atoms with Crippen molar-refractivity contribution in [1.82, 2.24) is 0 Å². The highest BCUT2D eigenvalue weighted by molar-refractivity contribution is 5.77. The predicted molar refractivity (Wildman–Crippen MR) is 170 cm³/mol. The molecule has 7 nitrogen and oxygen atoms in total. The molecule has 0 bridgehead atoms. The van der Waals surface area contributed by atoms with E-state index in [1.807, 2.05) is 0 Å². The molecule has 0 aromatic heterocycles. The van der Waals surface area contributed by atoms with Crippen molar-refractivity contribution in [3.05, 3.63) is 12.2 Å². The number of rotatable bonds is 30. The second kappa shape index (κ2) is 25.6. The fraction of sp³-hybridized carbons (Fsp3) is 0.857. The van der Waals surface area contributed by atoms with Gasteiger partial charge in [-0.25, -0.2) is 9.59 Å². The number of carboxylic acids is 3. The summed E-state index contributed by atoms with van der Waals surface area (Å²) in [5.41, 5.74) is 0. The number of quaternary nitrogens is 1. The van der Waals surface area contributed by atoms with Crippen molar-refractivity contribution in [1.29, 1.82) is 0 Å². The van der Waals surface area contributed by atoms with E-state index in [0.717, 1.165) is 19.3 Å². The van der Waals surface area contributed by atoms with Gasteiger partial charge in [0.1, 0.15) is 6.04 Å². The molecule has 0 amide bonds. The van der Waals surface area contributed by atoms with Crippen LogP contribution in [0.1, 0.15) is 169 Å². The minimum atomic E-state index is -1.36. The Morgan fingerprint density at radius 1 is 0.548 bits per heavy atom. The zero-order valence-electron chi connectivity index (χ0n) is 27.6. The molecule has 246 valence electrons. The molecular formula is C35H65NO6. The number of aliphatic carboxylic acids is 3. The Labute approximate surface area is 257 Å². The lowest BCUT2D eigenvalue weighted by Crippen LogP contribution is -2.73. The standard InChI is InChI=1S/C35H65NO6/c1-5-9-10-11-12-13-14-15-16-17-18-19-20-21-22-23-24-25-26-27-28-29-36(30(6-2)33(37)38,31(7-3)34(39)40)32(8-4)35(41)42/h12-13,30-32H,5-11,14-29H2,1-4H3,(H2-,37,38,39,40,41,42)/b13-12+. The first-order chi connectivity index (χ1) is 20.2. The first-order valence-corrected chi connectivity index (χ1v) is 17.4. The number of allylic oxidation sites excluding steroid dienone is 2. The predicted octanol–water partition coefficient (Wildman–Crippen LogP) is 8.05. The summed E-state index contributed by atoms with van der Waals surface area (Å²) < 4.78 is -0.466. The van der Waals surface area contributed by atoms with E-state index in [9.17, 15) is 29.7 Å². The molecule has 0 fully saturated rings. The normalized spacial score (nSPS) is 15.3. The van der Waals surface area contributed by atoms with Gasteiger partial charge in [0, 0.05) is 19.3 Å². The topological polar surface area (TPSA) is 115 Å². The number of carboxylic acid groups (broad SMARTS) is 3. The summed E-state index contributed by atoms with van der Waals surface area (Å²) in [6.45, 7) is 7.52. The maximum atomic E-state index is 12.3. The maximum Gasteiger partial charge on any atom is 0.362 e. The van der Waals surface area contributed by atoms with Crippen LogP contribution in [0, 0.1) is 0 Å². The van der Waals surface area contributed by atoms with Gasteiger partial charge in [0.15, 0.2) is 12.1 Å². The number of carbonyl (C=O) groups is 3. The van der Waals surface area contributed by atoms with Crippen LogP contribution in [-0.4, -0.2) is 57.3 Å². The van der Waals surface area contributed by atoms with Gasteiger partial charge in [0.2, 0.25) is 0 Å². The van der Waals surface area contributed by atoms with Gasteiger partial charge in [0.25, 0.3) is 0 Å². The molecule has 0 aromatic rings.